The van der Waals surface area contributed by atoms with Gasteiger partial charge in [-0.15, -0.1) is 0 Å². The van der Waals surface area contributed by atoms with Gasteiger partial charge in [0.1, 0.15) is 0 Å². The van der Waals surface area contributed by atoms with Gasteiger partial charge in [0.25, 0.3) is 0 Å². The minimum absolute atomic E-state index is 0.00866. The van der Waals surface area contributed by atoms with Crippen LogP contribution in [0.1, 0.15) is 32.8 Å². The zero-order chi connectivity index (χ0) is 17.7. The molecule has 0 aliphatic carbocycles. The van der Waals surface area contributed by atoms with Crippen molar-refractivity contribution in [1.82, 2.24) is 5.32 Å². The van der Waals surface area contributed by atoms with E-state index in [0.29, 0.717) is 10.8 Å². The molecule has 0 saturated heterocycles. The minimum atomic E-state index is -0.902. The smallest absolute Gasteiger partial charge is 0.170 e. The van der Waals surface area contributed by atoms with Crippen LogP contribution in [-0.2, 0) is 5.41 Å². The standard InChI is InChI=1S/C19H22F2N2S/c1-13(12-19(2,3)14-7-5-4-6-8-14)22-18(24)23-15-9-10-16(20)17(21)11-15/h4-11,13H,12H2,1-3H3,(H2,22,23,24). The van der Waals surface area contributed by atoms with Crippen molar-refractivity contribution in [1.29, 1.82) is 0 Å². The van der Waals surface area contributed by atoms with Gasteiger partial charge in [0.2, 0.25) is 0 Å². The van der Waals surface area contributed by atoms with Gasteiger partial charge >= 0.3 is 0 Å². The number of halogens is 2. The topological polar surface area (TPSA) is 24.1 Å². The number of rotatable bonds is 5. The summed E-state index contributed by atoms with van der Waals surface area (Å²) in [7, 11) is 0. The van der Waals surface area contributed by atoms with E-state index in [0.717, 1.165) is 18.6 Å². The summed E-state index contributed by atoms with van der Waals surface area (Å²) in [5, 5.41) is 6.46. The first-order chi connectivity index (χ1) is 11.3. The van der Waals surface area contributed by atoms with E-state index in [9.17, 15) is 8.78 Å². The molecule has 2 aromatic rings. The van der Waals surface area contributed by atoms with Gasteiger partial charge in [-0.25, -0.2) is 8.78 Å². The number of benzene rings is 2. The van der Waals surface area contributed by atoms with Crippen molar-refractivity contribution in [3.8, 4) is 0 Å². The van der Waals surface area contributed by atoms with Crippen LogP contribution >= 0.6 is 12.2 Å². The molecule has 0 aromatic heterocycles. The van der Waals surface area contributed by atoms with E-state index < -0.39 is 11.6 Å². The molecule has 0 aliphatic heterocycles. The van der Waals surface area contributed by atoms with Gasteiger partial charge in [-0.3, -0.25) is 0 Å². The zero-order valence-electron chi connectivity index (χ0n) is 14.1. The Morgan fingerprint density at radius 2 is 1.75 bits per heavy atom. The molecule has 0 heterocycles. The monoisotopic (exact) mass is 348 g/mol. The van der Waals surface area contributed by atoms with Gasteiger partial charge < -0.3 is 10.6 Å². The van der Waals surface area contributed by atoms with Crippen LogP contribution in [0.15, 0.2) is 48.5 Å². The summed E-state index contributed by atoms with van der Waals surface area (Å²) in [6.07, 6.45) is 0.872. The highest BCUT2D eigenvalue weighted by Gasteiger charge is 2.23. The molecule has 24 heavy (non-hydrogen) atoms. The molecule has 5 heteroatoms. The molecule has 1 unspecified atom stereocenters. The second-order valence-electron chi connectivity index (χ2n) is 6.58. The molecule has 0 radical (unpaired) electrons. The Morgan fingerprint density at radius 3 is 2.38 bits per heavy atom. The molecule has 0 spiro atoms. The lowest BCUT2D eigenvalue weighted by molar-refractivity contribution is 0.420. The number of hydrogen-bond donors (Lipinski definition) is 2. The molecule has 2 aromatic carbocycles. The van der Waals surface area contributed by atoms with Crippen molar-refractivity contribution >= 4 is 23.0 Å². The quantitative estimate of drug-likeness (QED) is 0.743. The Balaban J connectivity index is 1.92. The van der Waals surface area contributed by atoms with Crippen LogP contribution in [0.2, 0.25) is 0 Å². The van der Waals surface area contributed by atoms with E-state index in [1.165, 1.54) is 11.6 Å². The van der Waals surface area contributed by atoms with Gasteiger partial charge in [-0.05, 0) is 48.7 Å². The Morgan fingerprint density at radius 1 is 1.08 bits per heavy atom. The van der Waals surface area contributed by atoms with Crippen molar-refractivity contribution in [2.24, 2.45) is 0 Å². The number of hydrogen-bond acceptors (Lipinski definition) is 1. The average Bonchev–Trinajstić information content (AvgIpc) is 2.51. The SMILES string of the molecule is CC(CC(C)(C)c1ccccc1)NC(=S)Nc1ccc(F)c(F)c1. The summed E-state index contributed by atoms with van der Waals surface area (Å²) >= 11 is 5.26. The highest BCUT2D eigenvalue weighted by Crippen LogP contribution is 2.28. The van der Waals surface area contributed by atoms with Crippen LogP contribution in [0, 0.1) is 11.6 Å². The van der Waals surface area contributed by atoms with E-state index in [-0.39, 0.29) is 11.5 Å². The van der Waals surface area contributed by atoms with Crippen LogP contribution in [-0.4, -0.2) is 11.2 Å². The van der Waals surface area contributed by atoms with Crippen molar-refractivity contribution in [3.05, 3.63) is 65.7 Å². The van der Waals surface area contributed by atoms with Gasteiger partial charge in [-0.2, -0.15) is 0 Å². The third kappa shape index (κ3) is 4.99. The Labute approximate surface area is 147 Å². The van der Waals surface area contributed by atoms with Crippen LogP contribution in [0.3, 0.4) is 0 Å². The highest BCUT2D eigenvalue weighted by atomic mass is 32.1. The van der Waals surface area contributed by atoms with Crippen molar-refractivity contribution in [2.45, 2.75) is 38.6 Å². The third-order valence-corrected chi connectivity index (χ3v) is 4.15. The maximum Gasteiger partial charge on any atom is 0.170 e. The maximum atomic E-state index is 13.2. The largest absolute Gasteiger partial charge is 0.360 e. The molecular weight excluding hydrogens is 326 g/mol. The van der Waals surface area contributed by atoms with E-state index in [1.807, 2.05) is 25.1 Å². The van der Waals surface area contributed by atoms with Gasteiger partial charge in [0.15, 0.2) is 16.7 Å². The summed E-state index contributed by atoms with van der Waals surface area (Å²) in [4.78, 5) is 0. The molecule has 1 atom stereocenters. The summed E-state index contributed by atoms with van der Waals surface area (Å²) in [5.41, 5.74) is 1.67. The van der Waals surface area contributed by atoms with Gasteiger partial charge in [0, 0.05) is 17.8 Å². The molecule has 128 valence electrons. The summed E-state index contributed by atoms with van der Waals surface area (Å²) < 4.78 is 26.2. The lowest BCUT2D eigenvalue weighted by Gasteiger charge is -2.29. The lowest BCUT2D eigenvalue weighted by Crippen LogP contribution is -2.39. The normalized spacial score (nSPS) is 12.5. The first kappa shape index (κ1) is 18.3. The van der Waals surface area contributed by atoms with Crippen molar-refractivity contribution in [2.75, 3.05) is 5.32 Å². The van der Waals surface area contributed by atoms with Crippen LogP contribution in [0.4, 0.5) is 14.5 Å². The van der Waals surface area contributed by atoms with Crippen LogP contribution < -0.4 is 10.6 Å². The van der Waals surface area contributed by atoms with E-state index in [4.69, 9.17) is 12.2 Å². The van der Waals surface area contributed by atoms with Crippen molar-refractivity contribution < 1.29 is 8.78 Å². The lowest BCUT2D eigenvalue weighted by atomic mass is 9.79. The third-order valence-electron chi connectivity index (χ3n) is 3.93. The second-order valence-corrected chi connectivity index (χ2v) is 6.99. The average molecular weight is 348 g/mol. The first-order valence-corrected chi connectivity index (χ1v) is 8.27. The predicted molar refractivity (Wildman–Crippen MR) is 99.3 cm³/mol. The molecule has 0 fully saturated rings. The predicted octanol–water partition coefficient (Wildman–Crippen LogP) is 5.01. The molecule has 0 amide bonds. The van der Waals surface area contributed by atoms with Gasteiger partial charge in [0.05, 0.1) is 0 Å². The summed E-state index contributed by atoms with van der Waals surface area (Å²) in [5.74, 6) is -1.78. The van der Waals surface area contributed by atoms with E-state index in [2.05, 4.69) is 36.6 Å². The van der Waals surface area contributed by atoms with E-state index >= 15 is 0 Å². The number of thiocarbonyl (C=S) groups is 1. The fourth-order valence-corrected chi connectivity index (χ4v) is 3.11. The first-order valence-electron chi connectivity index (χ1n) is 7.86. The highest BCUT2D eigenvalue weighted by molar-refractivity contribution is 7.80. The molecule has 0 aliphatic rings. The Kier molecular flexibility index (Phi) is 5.89. The van der Waals surface area contributed by atoms with Crippen molar-refractivity contribution in [3.63, 3.8) is 0 Å². The molecule has 2 N–H and O–H groups in total. The molecule has 2 nitrogen and oxygen atoms in total. The molecule has 0 saturated carbocycles. The van der Waals surface area contributed by atoms with E-state index in [1.54, 1.807) is 0 Å². The molecule has 0 bridgehead atoms. The minimum Gasteiger partial charge on any atom is -0.360 e. The molecule has 2 rings (SSSR count). The number of nitrogens with one attached hydrogen (secondary N) is 2. The second kappa shape index (κ2) is 7.71. The molecular formula is C19H22F2N2S. The zero-order valence-corrected chi connectivity index (χ0v) is 14.9. The fraction of sp³-hybridized carbons (Fsp3) is 0.316. The Bertz CT molecular complexity index is 702. The van der Waals surface area contributed by atoms with Gasteiger partial charge in [-0.1, -0.05) is 44.2 Å². The summed E-state index contributed by atoms with van der Waals surface area (Å²) in [6.45, 7) is 6.42. The fourth-order valence-electron chi connectivity index (χ4n) is 2.79. The maximum absolute atomic E-state index is 13.2. The van der Waals surface area contributed by atoms with Crippen LogP contribution in [0.25, 0.3) is 0 Å². The Hall–Kier alpha value is -2.01. The van der Waals surface area contributed by atoms with Crippen LogP contribution in [0.5, 0.6) is 0 Å². The summed E-state index contributed by atoms with van der Waals surface area (Å²) in [6, 6.07) is 14.0. The number of anilines is 1.